The standard InChI is InChI=1S/C12H15N3O2/c1-7(16)15-4-8-2-10-11-9(13-6-14-11)3-12(8,5-15)17-10/h6,8,10H,2-5H2,1H3,(H,13,14)/t8-,10-,12+/m0/s1. The molecular weight excluding hydrogens is 218 g/mol. The zero-order valence-corrected chi connectivity index (χ0v) is 9.77. The minimum absolute atomic E-state index is 0.143. The number of rotatable bonds is 0. The average Bonchev–Trinajstić information content (AvgIpc) is 2.89. The number of aromatic amines is 1. The van der Waals surface area contributed by atoms with E-state index in [1.54, 1.807) is 13.3 Å². The lowest BCUT2D eigenvalue weighted by Gasteiger charge is -2.32. The molecule has 0 aromatic carbocycles. The Hall–Kier alpha value is -1.36. The molecule has 3 aliphatic heterocycles. The summed E-state index contributed by atoms with van der Waals surface area (Å²) in [6.07, 6.45) is 3.76. The topological polar surface area (TPSA) is 58.2 Å². The van der Waals surface area contributed by atoms with Crippen molar-refractivity contribution in [1.29, 1.82) is 0 Å². The predicted octanol–water partition coefficient (Wildman–Crippen LogP) is 0.644. The molecule has 3 aliphatic rings. The lowest BCUT2D eigenvalue weighted by atomic mass is 9.88. The van der Waals surface area contributed by atoms with Crippen LogP contribution in [0.2, 0.25) is 0 Å². The van der Waals surface area contributed by atoms with E-state index in [-0.39, 0.29) is 17.6 Å². The Morgan fingerprint density at radius 3 is 3.41 bits per heavy atom. The number of likely N-dealkylation sites (tertiary alicyclic amines) is 1. The Kier molecular flexibility index (Phi) is 1.65. The Labute approximate surface area is 99.2 Å². The van der Waals surface area contributed by atoms with Gasteiger partial charge in [0.25, 0.3) is 0 Å². The molecule has 5 heteroatoms. The minimum atomic E-state index is -0.143. The number of amides is 1. The molecule has 4 heterocycles. The van der Waals surface area contributed by atoms with E-state index in [9.17, 15) is 4.79 Å². The van der Waals surface area contributed by atoms with Crippen LogP contribution in [0.5, 0.6) is 0 Å². The van der Waals surface area contributed by atoms with Crippen molar-refractivity contribution in [2.24, 2.45) is 5.92 Å². The lowest BCUT2D eigenvalue weighted by molar-refractivity contribution is -0.130. The summed E-state index contributed by atoms with van der Waals surface area (Å²) in [6.45, 7) is 3.22. The molecule has 5 nitrogen and oxygen atoms in total. The summed E-state index contributed by atoms with van der Waals surface area (Å²) in [4.78, 5) is 21.0. The third-order valence-corrected chi connectivity index (χ3v) is 4.50. The van der Waals surface area contributed by atoms with Gasteiger partial charge < -0.3 is 14.6 Å². The van der Waals surface area contributed by atoms with Crippen LogP contribution in [0.15, 0.2) is 6.33 Å². The smallest absolute Gasteiger partial charge is 0.219 e. The number of ether oxygens (including phenoxy) is 1. The predicted molar refractivity (Wildman–Crippen MR) is 59.2 cm³/mol. The molecule has 0 unspecified atom stereocenters. The highest BCUT2D eigenvalue weighted by atomic mass is 16.5. The van der Waals surface area contributed by atoms with Crippen LogP contribution in [0.4, 0.5) is 0 Å². The summed E-state index contributed by atoms with van der Waals surface area (Å²) in [5, 5.41) is 0. The monoisotopic (exact) mass is 233 g/mol. The zero-order chi connectivity index (χ0) is 11.6. The molecule has 1 aromatic rings. The van der Waals surface area contributed by atoms with E-state index >= 15 is 0 Å². The van der Waals surface area contributed by atoms with Crippen LogP contribution < -0.4 is 0 Å². The second kappa shape index (κ2) is 2.90. The van der Waals surface area contributed by atoms with Crippen LogP contribution in [0.25, 0.3) is 0 Å². The number of aromatic nitrogens is 2. The number of hydrogen-bond acceptors (Lipinski definition) is 3. The van der Waals surface area contributed by atoms with Gasteiger partial charge in [0.2, 0.25) is 5.91 Å². The number of carbonyl (C=O) groups excluding carboxylic acids is 1. The van der Waals surface area contributed by atoms with E-state index in [0.29, 0.717) is 5.92 Å². The van der Waals surface area contributed by atoms with Crippen molar-refractivity contribution in [1.82, 2.24) is 14.9 Å². The fourth-order valence-electron chi connectivity index (χ4n) is 3.66. The normalized spacial score (nSPS) is 38.1. The fraction of sp³-hybridized carbons (Fsp3) is 0.667. The van der Waals surface area contributed by atoms with E-state index in [1.165, 1.54) is 5.69 Å². The highest BCUT2D eigenvalue weighted by Crippen LogP contribution is 2.53. The molecule has 0 radical (unpaired) electrons. The summed E-state index contributed by atoms with van der Waals surface area (Å²) in [7, 11) is 0. The van der Waals surface area contributed by atoms with E-state index in [0.717, 1.165) is 31.6 Å². The van der Waals surface area contributed by atoms with E-state index in [4.69, 9.17) is 4.74 Å². The Morgan fingerprint density at radius 1 is 1.71 bits per heavy atom. The van der Waals surface area contributed by atoms with E-state index in [1.807, 2.05) is 4.90 Å². The molecule has 0 saturated carbocycles. The first-order valence-corrected chi connectivity index (χ1v) is 6.13. The van der Waals surface area contributed by atoms with Gasteiger partial charge in [0.1, 0.15) is 6.10 Å². The third kappa shape index (κ3) is 1.12. The number of carbonyl (C=O) groups is 1. The van der Waals surface area contributed by atoms with Crippen molar-refractivity contribution in [2.45, 2.75) is 31.5 Å². The number of H-pyrrole nitrogens is 1. The number of fused-ring (bicyclic) bond motifs is 3. The first-order valence-electron chi connectivity index (χ1n) is 6.13. The summed E-state index contributed by atoms with van der Waals surface area (Å²) in [6, 6.07) is 0. The highest BCUT2D eigenvalue weighted by molar-refractivity contribution is 5.73. The largest absolute Gasteiger partial charge is 0.363 e. The molecule has 17 heavy (non-hydrogen) atoms. The van der Waals surface area contributed by atoms with Gasteiger partial charge in [-0.3, -0.25) is 4.79 Å². The summed E-state index contributed by atoms with van der Waals surface area (Å²) >= 11 is 0. The second-order valence-corrected chi connectivity index (χ2v) is 5.45. The van der Waals surface area contributed by atoms with Gasteiger partial charge in [-0.2, -0.15) is 0 Å². The van der Waals surface area contributed by atoms with Crippen molar-refractivity contribution in [2.75, 3.05) is 13.1 Å². The maximum atomic E-state index is 11.5. The van der Waals surface area contributed by atoms with Gasteiger partial charge in [0.05, 0.1) is 24.2 Å². The van der Waals surface area contributed by atoms with Crippen LogP contribution in [0.1, 0.15) is 30.8 Å². The van der Waals surface area contributed by atoms with Crippen LogP contribution in [-0.4, -0.2) is 39.5 Å². The van der Waals surface area contributed by atoms with Gasteiger partial charge in [0.15, 0.2) is 0 Å². The van der Waals surface area contributed by atoms with Gasteiger partial charge >= 0.3 is 0 Å². The zero-order valence-electron chi connectivity index (χ0n) is 9.77. The van der Waals surface area contributed by atoms with Crippen molar-refractivity contribution in [3.05, 3.63) is 17.7 Å². The molecule has 90 valence electrons. The number of nitrogens with zero attached hydrogens (tertiary/aromatic N) is 2. The molecule has 1 N–H and O–H groups in total. The van der Waals surface area contributed by atoms with Gasteiger partial charge in [-0.15, -0.1) is 0 Å². The summed E-state index contributed by atoms with van der Waals surface area (Å²) < 4.78 is 6.20. The van der Waals surface area contributed by atoms with Gasteiger partial charge in [-0.05, 0) is 6.42 Å². The number of nitrogens with one attached hydrogen (secondary N) is 1. The number of hydrogen-bond donors (Lipinski definition) is 1. The fourth-order valence-corrected chi connectivity index (χ4v) is 3.66. The van der Waals surface area contributed by atoms with Gasteiger partial charge in [-0.1, -0.05) is 0 Å². The van der Waals surface area contributed by atoms with Crippen LogP contribution in [-0.2, 0) is 16.0 Å². The SMILES string of the molecule is CC(=O)N1C[C@@H]2C[C@@H]3O[C@]2(Cc2[nH]cnc23)C1. The first kappa shape index (κ1) is 9.65. The average molecular weight is 233 g/mol. The molecule has 1 spiro atoms. The molecule has 4 rings (SSSR count). The Bertz CT molecular complexity index is 498. The van der Waals surface area contributed by atoms with E-state index in [2.05, 4.69) is 9.97 Å². The maximum absolute atomic E-state index is 11.5. The van der Waals surface area contributed by atoms with Gasteiger partial charge in [0, 0.05) is 31.5 Å². The van der Waals surface area contributed by atoms with Crippen LogP contribution >= 0.6 is 0 Å². The second-order valence-electron chi connectivity index (χ2n) is 5.45. The lowest BCUT2D eigenvalue weighted by Crippen LogP contribution is -2.42. The van der Waals surface area contributed by atoms with Crippen molar-refractivity contribution >= 4 is 5.91 Å². The van der Waals surface area contributed by atoms with Crippen LogP contribution in [0, 0.1) is 5.92 Å². The number of imidazole rings is 1. The molecule has 2 bridgehead atoms. The molecule has 3 atom stereocenters. The molecule has 0 aliphatic carbocycles. The maximum Gasteiger partial charge on any atom is 0.219 e. The van der Waals surface area contributed by atoms with Crippen LogP contribution in [0.3, 0.4) is 0 Å². The van der Waals surface area contributed by atoms with Crippen molar-refractivity contribution < 1.29 is 9.53 Å². The van der Waals surface area contributed by atoms with Crippen molar-refractivity contribution in [3.8, 4) is 0 Å². The van der Waals surface area contributed by atoms with E-state index < -0.39 is 0 Å². The Balaban J connectivity index is 1.72. The summed E-state index contributed by atoms with van der Waals surface area (Å²) in [5.74, 6) is 0.628. The molecule has 2 saturated heterocycles. The Morgan fingerprint density at radius 2 is 2.59 bits per heavy atom. The quantitative estimate of drug-likeness (QED) is 0.715. The molecule has 1 amide bonds. The van der Waals surface area contributed by atoms with Crippen molar-refractivity contribution in [3.63, 3.8) is 0 Å². The highest BCUT2D eigenvalue weighted by Gasteiger charge is 2.58. The van der Waals surface area contributed by atoms with Gasteiger partial charge in [-0.25, -0.2) is 4.98 Å². The molecular formula is C12H15N3O2. The molecule has 2 fully saturated rings. The first-order chi connectivity index (χ1) is 8.18. The summed E-state index contributed by atoms with van der Waals surface area (Å²) in [5.41, 5.74) is 2.14. The minimum Gasteiger partial charge on any atom is -0.363 e. The third-order valence-electron chi connectivity index (χ3n) is 4.50. The molecule has 1 aromatic heterocycles.